The quantitative estimate of drug-likeness (QED) is 0.264. The van der Waals surface area contributed by atoms with E-state index in [0.717, 1.165) is 5.56 Å². The summed E-state index contributed by atoms with van der Waals surface area (Å²) >= 11 is 3.43. The molecule has 32 heavy (non-hydrogen) atoms. The summed E-state index contributed by atoms with van der Waals surface area (Å²) in [6.07, 6.45) is 0.605. The zero-order valence-electron chi connectivity index (χ0n) is 18.0. The molecule has 0 radical (unpaired) electrons. The molecule has 0 unspecified atom stereocenters. The van der Waals surface area contributed by atoms with Crippen LogP contribution in [0.5, 0.6) is 11.5 Å². The van der Waals surface area contributed by atoms with Gasteiger partial charge in [0.25, 0.3) is 0 Å². The predicted octanol–water partition coefficient (Wildman–Crippen LogP) is 6.10. The predicted molar refractivity (Wildman–Crippen MR) is 126 cm³/mol. The van der Waals surface area contributed by atoms with Gasteiger partial charge in [0, 0.05) is 6.42 Å². The molecular weight excluding hydrogens is 472 g/mol. The van der Waals surface area contributed by atoms with Gasteiger partial charge in [0.15, 0.2) is 0 Å². The molecule has 0 aromatic heterocycles. The van der Waals surface area contributed by atoms with Gasteiger partial charge in [-0.05, 0) is 57.7 Å². The van der Waals surface area contributed by atoms with Crippen LogP contribution in [0.2, 0.25) is 0 Å². The number of benzene rings is 3. The largest absolute Gasteiger partial charge is 0.492 e. The number of ether oxygens (including phenoxy) is 3. The zero-order valence-corrected chi connectivity index (χ0v) is 19.6. The van der Waals surface area contributed by atoms with Gasteiger partial charge in [-0.2, -0.15) is 0 Å². The van der Waals surface area contributed by atoms with Crippen molar-refractivity contribution >= 4 is 27.9 Å². The highest BCUT2D eigenvalue weighted by Crippen LogP contribution is 2.28. The second-order valence-corrected chi connectivity index (χ2v) is 8.46. The monoisotopic (exact) mass is 496 g/mol. The molecule has 0 atom stereocenters. The average molecular weight is 497 g/mol. The Morgan fingerprint density at radius 1 is 0.875 bits per heavy atom. The minimum atomic E-state index is -0.578. The second-order valence-electron chi connectivity index (χ2n) is 7.61. The molecule has 0 fully saturated rings. The maximum absolute atomic E-state index is 12.7. The van der Waals surface area contributed by atoms with Gasteiger partial charge in [-0.15, -0.1) is 0 Å². The third kappa shape index (κ3) is 6.69. The Labute approximate surface area is 196 Å². The molecule has 0 amide bonds. The van der Waals surface area contributed by atoms with Crippen molar-refractivity contribution in [3.8, 4) is 11.5 Å². The first-order valence-electron chi connectivity index (χ1n) is 10.4. The van der Waals surface area contributed by atoms with Crippen LogP contribution in [-0.4, -0.2) is 25.2 Å². The molecule has 3 aromatic rings. The summed E-state index contributed by atoms with van der Waals surface area (Å²) in [7, 11) is 0. The van der Waals surface area contributed by atoms with Gasteiger partial charge in [-0.1, -0.05) is 56.3 Å². The van der Waals surface area contributed by atoms with E-state index in [4.69, 9.17) is 14.2 Å². The van der Waals surface area contributed by atoms with Gasteiger partial charge in [-0.25, -0.2) is 9.59 Å². The average Bonchev–Trinajstić information content (AvgIpc) is 2.79. The molecule has 0 bridgehead atoms. The smallest absolute Gasteiger partial charge is 0.343 e. The third-order valence-electron chi connectivity index (χ3n) is 4.52. The van der Waals surface area contributed by atoms with Crippen LogP contribution in [0.3, 0.4) is 0 Å². The minimum Gasteiger partial charge on any atom is -0.492 e. The lowest BCUT2D eigenvalue weighted by molar-refractivity contribution is 0.0504. The zero-order chi connectivity index (χ0) is 22.9. The fourth-order valence-electron chi connectivity index (χ4n) is 2.87. The number of carbonyl (C=O) groups excluding carboxylic acids is 2. The van der Waals surface area contributed by atoms with E-state index in [9.17, 15) is 9.59 Å². The number of para-hydroxylation sites is 1. The number of halogens is 1. The Kier molecular flexibility index (Phi) is 8.45. The molecule has 0 saturated heterocycles. The number of rotatable bonds is 9. The fraction of sp³-hybridized carbons (Fsp3) is 0.231. The minimum absolute atomic E-state index is 0.151. The summed E-state index contributed by atoms with van der Waals surface area (Å²) in [5.41, 5.74) is 1.61. The summed E-state index contributed by atoms with van der Waals surface area (Å²) in [6, 6.07) is 21.3. The van der Waals surface area contributed by atoms with Crippen molar-refractivity contribution in [1.82, 2.24) is 0 Å². The number of hydrogen-bond acceptors (Lipinski definition) is 5. The number of esters is 2. The summed E-state index contributed by atoms with van der Waals surface area (Å²) in [5.74, 6) is 0.0696. The molecule has 3 aromatic carbocycles. The van der Waals surface area contributed by atoms with Crippen molar-refractivity contribution in [2.45, 2.75) is 20.3 Å². The van der Waals surface area contributed by atoms with Gasteiger partial charge in [0.1, 0.15) is 17.1 Å². The molecule has 0 spiro atoms. The van der Waals surface area contributed by atoms with E-state index in [0.29, 0.717) is 34.7 Å². The third-order valence-corrected chi connectivity index (χ3v) is 5.14. The van der Waals surface area contributed by atoms with E-state index in [2.05, 4.69) is 29.8 Å². The van der Waals surface area contributed by atoms with Crippen LogP contribution in [0.25, 0.3) is 0 Å². The number of carbonyl (C=O) groups is 2. The van der Waals surface area contributed by atoms with Gasteiger partial charge in [-0.3, -0.25) is 0 Å². The maximum atomic E-state index is 12.7. The summed E-state index contributed by atoms with van der Waals surface area (Å²) in [5, 5.41) is 0. The van der Waals surface area contributed by atoms with Crippen molar-refractivity contribution in [3.63, 3.8) is 0 Å². The molecule has 166 valence electrons. The van der Waals surface area contributed by atoms with E-state index < -0.39 is 11.9 Å². The van der Waals surface area contributed by atoms with Crippen LogP contribution in [0, 0.1) is 5.92 Å². The van der Waals surface area contributed by atoms with Gasteiger partial charge < -0.3 is 14.2 Å². The molecule has 5 nitrogen and oxygen atoms in total. The molecule has 0 N–H and O–H groups in total. The Balaban J connectivity index is 1.64. The Bertz CT molecular complexity index is 1060. The molecule has 0 aliphatic heterocycles. The van der Waals surface area contributed by atoms with Crippen LogP contribution < -0.4 is 9.47 Å². The lowest BCUT2D eigenvalue weighted by Gasteiger charge is -2.12. The summed E-state index contributed by atoms with van der Waals surface area (Å²) in [6.45, 7) is 4.92. The van der Waals surface area contributed by atoms with E-state index >= 15 is 0 Å². The van der Waals surface area contributed by atoms with E-state index in [1.807, 2.05) is 30.3 Å². The van der Waals surface area contributed by atoms with Crippen LogP contribution in [0.1, 0.15) is 40.1 Å². The molecule has 3 rings (SSSR count). The van der Waals surface area contributed by atoms with Crippen molar-refractivity contribution in [2.75, 3.05) is 13.2 Å². The normalized spacial score (nSPS) is 10.6. The lowest BCUT2D eigenvalue weighted by Crippen LogP contribution is -2.14. The van der Waals surface area contributed by atoms with E-state index in [1.54, 1.807) is 42.5 Å². The highest BCUT2D eigenvalue weighted by molar-refractivity contribution is 9.10. The molecular formula is C26H25BrO5. The fourth-order valence-corrected chi connectivity index (χ4v) is 3.36. The van der Waals surface area contributed by atoms with Crippen molar-refractivity contribution < 1.29 is 23.8 Å². The molecule has 0 aliphatic carbocycles. The van der Waals surface area contributed by atoms with Crippen molar-refractivity contribution in [2.24, 2.45) is 5.92 Å². The second kappa shape index (κ2) is 11.5. The van der Waals surface area contributed by atoms with Crippen molar-refractivity contribution in [1.29, 1.82) is 0 Å². The Morgan fingerprint density at radius 3 is 2.31 bits per heavy atom. The standard InChI is InChI=1S/C26H25BrO5/c1-18(2)17-31-24-13-12-20(16-22(24)27)25(28)32-23-11-7-6-10-21(23)26(29)30-15-14-19-8-4-3-5-9-19/h3-13,16,18H,14-15,17H2,1-2H3. The SMILES string of the molecule is CC(C)COc1ccc(C(=O)Oc2ccccc2C(=O)OCCc2ccccc2)cc1Br. The number of hydrogen-bond donors (Lipinski definition) is 0. The highest BCUT2D eigenvalue weighted by atomic mass is 79.9. The first-order chi connectivity index (χ1) is 15.4. The Hall–Kier alpha value is -3.12. The first kappa shape index (κ1) is 23.5. The van der Waals surface area contributed by atoms with Gasteiger partial charge in [0.05, 0.1) is 23.2 Å². The van der Waals surface area contributed by atoms with Gasteiger partial charge >= 0.3 is 11.9 Å². The Morgan fingerprint density at radius 2 is 1.59 bits per heavy atom. The van der Waals surface area contributed by atoms with Crippen molar-refractivity contribution in [3.05, 3.63) is 94.0 Å². The van der Waals surface area contributed by atoms with Crippen LogP contribution in [0.15, 0.2) is 77.3 Å². The molecule has 0 heterocycles. The topological polar surface area (TPSA) is 61.8 Å². The summed E-state index contributed by atoms with van der Waals surface area (Å²) in [4.78, 5) is 25.2. The lowest BCUT2D eigenvalue weighted by atomic mass is 10.1. The van der Waals surface area contributed by atoms with Crippen LogP contribution in [0.4, 0.5) is 0 Å². The van der Waals surface area contributed by atoms with E-state index in [1.165, 1.54) is 0 Å². The molecule has 0 aliphatic rings. The highest BCUT2D eigenvalue weighted by Gasteiger charge is 2.18. The molecule has 6 heteroatoms. The van der Waals surface area contributed by atoms with Crippen LogP contribution >= 0.6 is 15.9 Å². The maximum Gasteiger partial charge on any atom is 0.343 e. The molecule has 0 saturated carbocycles. The van der Waals surface area contributed by atoms with Gasteiger partial charge in [0.2, 0.25) is 0 Å². The summed E-state index contributed by atoms with van der Waals surface area (Å²) < 4.78 is 17.3. The first-order valence-corrected chi connectivity index (χ1v) is 11.2. The van der Waals surface area contributed by atoms with E-state index in [-0.39, 0.29) is 17.9 Å². The van der Waals surface area contributed by atoms with Crippen LogP contribution in [-0.2, 0) is 11.2 Å².